The Balaban J connectivity index is 1.68. The minimum absolute atomic E-state index is 0.195. The molecule has 1 aliphatic rings. The molecule has 2 heterocycles. The Morgan fingerprint density at radius 3 is 2.58 bits per heavy atom. The Hall–Kier alpha value is -2.83. The van der Waals surface area contributed by atoms with Gasteiger partial charge in [0, 0.05) is 6.54 Å². The fourth-order valence-electron chi connectivity index (χ4n) is 2.70. The number of hydrogen-bond acceptors (Lipinski definition) is 5. The van der Waals surface area contributed by atoms with Gasteiger partial charge in [-0.2, -0.15) is 5.10 Å². The predicted octanol–water partition coefficient (Wildman–Crippen LogP) is 2.99. The van der Waals surface area contributed by atoms with Gasteiger partial charge in [0.15, 0.2) is 0 Å². The highest BCUT2D eigenvalue weighted by Gasteiger charge is 2.29. The number of fused-ring (bicyclic) bond motifs is 1. The average Bonchev–Trinajstić information content (AvgIpc) is 3.02. The van der Waals surface area contributed by atoms with E-state index in [9.17, 15) is 9.59 Å². The van der Waals surface area contributed by atoms with Gasteiger partial charge in [0.1, 0.15) is 17.8 Å². The highest BCUT2D eigenvalue weighted by atomic mass is 16.6. The van der Waals surface area contributed by atoms with Crippen LogP contribution < -0.4 is 0 Å². The number of esters is 1. The largest absolute Gasteiger partial charge is 0.457 e. The van der Waals surface area contributed by atoms with Crippen molar-refractivity contribution in [3.05, 3.63) is 53.3 Å². The lowest BCUT2D eigenvalue weighted by Gasteiger charge is -2.30. The molecule has 0 bridgehead atoms. The molecule has 7 heteroatoms. The molecule has 0 saturated heterocycles. The molecule has 138 valence electrons. The lowest BCUT2D eigenvalue weighted by Crippen LogP contribution is -2.42. The predicted molar refractivity (Wildman–Crippen MR) is 94.4 cm³/mol. The summed E-state index contributed by atoms with van der Waals surface area (Å²) in [6.07, 6.45) is 1.11. The summed E-state index contributed by atoms with van der Waals surface area (Å²) in [7, 11) is 0. The second-order valence-electron chi connectivity index (χ2n) is 7.19. The van der Waals surface area contributed by atoms with Crippen LogP contribution in [0, 0.1) is 0 Å². The van der Waals surface area contributed by atoms with Crippen molar-refractivity contribution in [2.75, 3.05) is 6.54 Å². The Labute approximate surface area is 152 Å². The molecular formula is C19H23N3O4. The van der Waals surface area contributed by atoms with Crippen molar-refractivity contribution in [2.45, 2.75) is 46.1 Å². The number of benzene rings is 1. The zero-order valence-corrected chi connectivity index (χ0v) is 15.3. The molecule has 0 atom stereocenters. The van der Waals surface area contributed by atoms with Crippen molar-refractivity contribution in [2.24, 2.45) is 0 Å². The smallest absolute Gasteiger partial charge is 0.410 e. The van der Waals surface area contributed by atoms with E-state index in [1.54, 1.807) is 9.58 Å². The zero-order chi connectivity index (χ0) is 18.7. The Kier molecular flexibility index (Phi) is 4.97. The molecule has 0 unspecified atom stereocenters. The standard InChI is InChI=1S/C19H23N3O4/c1-19(2,3)26-18(24)21-9-10-22-16(12-21)15(11-20-22)17(23)25-13-14-7-5-4-6-8-14/h4-8,11H,9-10,12-13H2,1-3H3. The summed E-state index contributed by atoms with van der Waals surface area (Å²) in [6, 6.07) is 9.48. The van der Waals surface area contributed by atoms with Gasteiger partial charge in [0.05, 0.1) is 25.0 Å². The Morgan fingerprint density at radius 2 is 1.88 bits per heavy atom. The van der Waals surface area contributed by atoms with E-state index < -0.39 is 17.7 Å². The minimum Gasteiger partial charge on any atom is -0.457 e. The number of carbonyl (C=O) groups is 2. The van der Waals surface area contributed by atoms with Gasteiger partial charge in [-0.05, 0) is 26.3 Å². The number of amides is 1. The van der Waals surface area contributed by atoms with Gasteiger partial charge in [0.2, 0.25) is 0 Å². The van der Waals surface area contributed by atoms with Crippen LogP contribution in [-0.2, 0) is 29.2 Å². The van der Waals surface area contributed by atoms with Crippen LogP contribution in [0.3, 0.4) is 0 Å². The third-order valence-corrected chi connectivity index (χ3v) is 3.96. The summed E-state index contributed by atoms with van der Waals surface area (Å²) in [5.74, 6) is -0.443. The zero-order valence-electron chi connectivity index (χ0n) is 15.3. The van der Waals surface area contributed by atoms with Crippen LogP contribution in [0.5, 0.6) is 0 Å². The monoisotopic (exact) mass is 357 g/mol. The molecular weight excluding hydrogens is 334 g/mol. The van der Waals surface area contributed by atoms with Crippen LogP contribution in [0.25, 0.3) is 0 Å². The summed E-state index contributed by atoms with van der Waals surface area (Å²) in [4.78, 5) is 26.3. The van der Waals surface area contributed by atoms with Gasteiger partial charge in [0.25, 0.3) is 0 Å². The fraction of sp³-hybridized carbons (Fsp3) is 0.421. The number of aromatic nitrogens is 2. The van der Waals surface area contributed by atoms with Crippen LogP contribution in [-0.4, -0.2) is 38.9 Å². The topological polar surface area (TPSA) is 73.7 Å². The highest BCUT2D eigenvalue weighted by Crippen LogP contribution is 2.20. The summed E-state index contributed by atoms with van der Waals surface area (Å²) in [5.41, 5.74) is 1.40. The number of nitrogens with zero attached hydrogens (tertiary/aromatic N) is 3. The van der Waals surface area contributed by atoms with Gasteiger partial charge in [-0.1, -0.05) is 30.3 Å². The Bertz CT molecular complexity index is 793. The van der Waals surface area contributed by atoms with Crippen molar-refractivity contribution in [3.8, 4) is 0 Å². The summed E-state index contributed by atoms with van der Waals surface area (Å²) >= 11 is 0. The van der Waals surface area contributed by atoms with Crippen molar-refractivity contribution < 1.29 is 19.1 Å². The van der Waals surface area contributed by atoms with Gasteiger partial charge in [-0.3, -0.25) is 4.68 Å². The first-order valence-corrected chi connectivity index (χ1v) is 8.57. The van der Waals surface area contributed by atoms with E-state index in [1.807, 2.05) is 51.1 Å². The first-order valence-electron chi connectivity index (χ1n) is 8.57. The normalized spacial score (nSPS) is 13.9. The Morgan fingerprint density at radius 1 is 1.15 bits per heavy atom. The van der Waals surface area contributed by atoms with Gasteiger partial charge >= 0.3 is 12.1 Å². The van der Waals surface area contributed by atoms with Gasteiger partial charge in [-0.15, -0.1) is 0 Å². The van der Waals surface area contributed by atoms with E-state index in [-0.39, 0.29) is 13.2 Å². The summed E-state index contributed by atoms with van der Waals surface area (Å²) in [5, 5.41) is 4.24. The quantitative estimate of drug-likeness (QED) is 0.790. The van der Waals surface area contributed by atoms with Crippen LogP contribution >= 0.6 is 0 Å². The molecule has 0 aliphatic carbocycles. The first-order chi connectivity index (χ1) is 12.3. The molecule has 0 spiro atoms. The van der Waals surface area contributed by atoms with Crippen LogP contribution in [0.4, 0.5) is 4.79 Å². The molecule has 0 saturated carbocycles. The molecule has 26 heavy (non-hydrogen) atoms. The maximum atomic E-state index is 12.4. The number of rotatable bonds is 3. The molecule has 1 aromatic heterocycles. The maximum Gasteiger partial charge on any atom is 0.410 e. The molecule has 3 rings (SSSR count). The second kappa shape index (κ2) is 7.19. The summed E-state index contributed by atoms with van der Waals surface area (Å²) in [6.45, 7) is 6.94. The molecule has 0 N–H and O–H groups in total. The SMILES string of the molecule is CC(C)(C)OC(=O)N1CCn2ncc(C(=O)OCc3ccccc3)c2C1. The number of ether oxygens (including phenoxy) is 2. The third-order valence-electron chi connectivity index (χ3n) is 3.96. The minimum atomic E-state index is -0.563. The van der Waals surface area contributed by atoms with Crippen LogP contribution in [0.2, 0.25) is 0 Å². The van der Waals surface area contributed by atoms with E-state index in [0.717, 1.165) is 5.56 Å². The summed E-state index contributed by atoms with van der Waals surface area (Å²) < 4.78 is 12.5. The van der Waals surface area contributed by atoms with E-state index in [0.29, 0.717) is 24.3 Å². The molecule has 7 nitrogen and oxygen atoms in total. The molecule has 1 amide bonds. The second-order valence-corrected chi connectivity index (χ2v) is 7.19. The highest BCUT2D eigenvalue weighted by molar-refractivity contribution is 5.90. The van der Waals surface area contributed by atoms with Crippen LogP contribution in [0.15, 0.2) is 36.5 Å². The first kappa shape index (κ1) is 18.0. The number of hydrogen-bond donors (Lipinski definition) is 0. The average molecular weight is 357 g/mol. The molecule has 1 aliphatic heterocycles. The van der Waals surface area contributed by atoms with Crippen molar-refractivity contribution >= 4 is 12.1 Å². The van der Waals surface area contributed by atoms with Crippen LogP contribution in [0.1, 0.15) is 42.4 Å². The fourth-order valence-corrected chi connectivity index (χ4v) is 2.70. The third kappa shape index (κ3) is 4.22. The van der Waals surface area contributed by atoms with E-state index >= 15 is 0 Å². The van der Waals surface area contributed by atoms with Crippen molar-refractivity contribution in [1.29, 1.82) is 0 Å². The lowest BCUT2D eigenvalue weighted by molar-refractivity contribution is 0.0189. The number of carbonyl (C=O) groups excluding carboxylic acids is 2. The molecule has 2 aromatic rings. The molecule has 0 fully saturated rings. The van der Waals surface area contributed by atoms with Crippen molar-refractivity contribution in [3.63, 3.8) is 0 Å². The molecule has 0 radical (unpaired) electrons. The maximum absolute atomic E-state index is 12.4. The molecule has 1 aromatic carbocycles. The van der Waals surface area contributed by atoms with Gasteiger partial charge < -0.3 is 14.4 Å². The van der Waals surface area contributed by atoms with E-state index in [4.69, 9.17) is 9.47 Å². The van der Waals surface area contributed by atoms with Crippen molar-refractivity contribution in [1.82, 2.24) is 14.7 Å². The lowest BCUT2D eigenvalue weighted by atomic mass is 10.2. The van der Waals surface area contributed by atoms with E-state index in [1.165, 1.54) is 6.20 Å². The van der Waals surface area contributed by atoms with E-state index in [2.05, 4.69) is 5.10 Å². The van der Waals surface area contributed by atoms with Gasteiger partial charge in [-0.25, -0.2) is 9.59 Å².